The number of benzene rings is 4. The third-order valence-corrected chi connectivity index (χ3v) is 10.1. The van der Waals surface area contributed by atoms with Crippen molar-refractivity contribution in [3.05, 3.63) is 119 Å². The molecule has 7 rings (SSSR count). The van der Waals surface area contributed by atoms with E-state index < -0.39 is 18.2 Å². The molecule has 49 heavy (non-hydrogen) atoms. The van der Waals surface area contributed by atoms with Crippen molar-refractivity contribution in [2.24, 2.45) is 0 Å². The first-order valence-electron chi connectivity index (χ1n) is 17.2. The smallest absolute Gasteiger partial charge is 0.407 e. The number of alkyl carbamates (subject to hydrolysis) is 2. The Morgan fingerprint density at radius 2 is 1.12 bits per heavy atom. The molecule has 2 aliphatic carbocycles. The number of likely N-dealkylation sites (N-methyl/N-ethyl adjacent to an activating group) is 1. The van der Waals surface area contributed by atoms with Crippen molar-refractivity contribution in [1.82, 2.24) is 20.9 Å². The van der Waals surface area contributed by atoms with Gasteiger partial charge in [-0.15, -0.1) is 0 Å². The molecule has 252 valence electrons. The van der Waals surface area contributed by atoms with Gasteiger partial charge in [-0.2, -0.15) is 0 Å². The number of nitrogens with zero attached hydrogens (tertiary/aromatic N) is 1. The zero-order chi connectivity index (χ0) is 33.7. The van der Waals surface area contributed by atoms with Crippen molar-refractivity contribution in [3.8, 4) is 22.3 Å². The molecule has 3 N–H and O–H groups in total. The number of rotatable bonds is 12. The van der Waals surface area contributed by atoms with Gasteiger partial charge in [-0.1, -0.05) is 97.1 Å². The minimum atomic E-state index is -0.720. The summed E-state index contributed by atoms with van der Waals surface area (Å²) in [5, 5.41) is 8.89. The van der Waals surface area contributed by atoms with Gasteiger partial charge in [0.15, 0.2) is 0 Å². The fourth-order valence-corrected chi connectivity index (χ4v) is 7.41. The number of amides is 3. The monoisotopic (exact) mass is 658 g/mol. The number of fused-ring (bicyclic) bond motifs is 6. The summed E-state index contributed by atoms with van der Waals surface area (Å²) in [5.41, 5.74) is 9.27. The van der Waals surface area contributed by atoms with Crippen LogP contribution < -0.4 is 16.0 Å². The van der Waals surface area contributed by atoms with E-state index in [4.69, 9.17) is 9.47 Å². The highest BCUT2D eigenvalue weighted by Crippen LogP contribution is 2.45. The van der Waals surface area contributed by atoms with Crippen LogP contribution in [0.2, 0.25) is 0 Å². The van der Waals surface area contributed by atoms with Crippen molar-refractivity contribution < 1.29 is 23.9 Å². The molecule has 0 bridgehead atoms. The Kier molecular flexibility index (Phi) is 9.61. The molecule has 3 aliphatic rings. The van der Waals surface area contributed by atoms with Gasteiger partial charge in [-0.05, 0) is 70.8 Å². The van der Waals surface area contributed by atoms with Gasteiger partial charge in [0.05, 0.1) is 0 Å². The maximum absolute atomic E-state index is 13.4. The summed E-state index contributed by atoms with van der Waals surface area (Å²) in [6.45, 7) is 2.03. The Bertz CT molecular complexity index is 1750. The van der Waals surface area contributed by atoms with Gasteiger partial charge in [0.2, 0.25) is 5.91 Å². The Labute approximate surface area is 287 Å². The first kappa shape index (κ1) is 32.4. The van der Waals surface area contributed by atoms with Crippen LogP contribution in [-0.4, -0.2) is 75.0 Å². The van der Waals surface area contributed by atoms with E-state index in [0.29, 0.717) is 38.9 Å². The SMILES string of the molecule is CNC1CN(C(=O)[C@H](CCCCNC(=O)OCC2c3ccccc3-c3ccccc32)NC(=O)OCC2c3ccccc3-c3ccccc32)C1. The third-order valence-electron chi connectivity index (χ3n) is 10.1. The summed E-state index contributed by atoms with van der Waals surface area (Å²) in [6.07, 6.45) is 0.593. The van der Waals surface area contributed by atoms with Crippen molar-refractivity contribution in [3.63, 3.8) is 0 Å². The maximum atomic E-state index is 13.4. The second-order valence-corrected chi connectivity index (χ2v) is 13.0. The highest BCUT2D eigenvalue weighted by molar-refractivity contribution is 5.86. The van der Waals surface area contributed by atoms with Crippen LogP contribution in [0.1, 0.15) is 53.4 Å². The molecule has 0 spiro atoms. The topological polar surface area (TPSA) is 109 Å². The van der Waals surface area contributed by atoms with E-state index in [2.05, 4.69) is 64.5 Å². The summed E-state index contributed by atoms with van der Waals surface area (Å²) in [4.78, 5) is 40.9. The number of likely N-dealkylation sites (tertiary alicyclic amines) is 1. The molecule has 1 saturated heterocycles. The van der Waals surface area contributed by atoms with Crippen LogP contribution in [0.25, 0.3) is 22.3 Å². The van der Waals surface area contributed by atoms with E-state index >= 15 is 0 Å². The average molecular weight is 659 g/mol. The second-order valence-electron chi connectivity index (χ2n) is 13.0. The summed E-state index contributed by atoms with van der Waals surface area (Å²) < 4.78 is 11.4. The molecule has 4 aromatic rings. The lowest BCUT2D eigenvalue weighted by atomic mass is 9.98. The molecule has 3 amide bonds. The van der Waals surface area contributed by atoms with Crippen LogP contribution in [0.3, 0.4) is 0 Å². The minimum Gasteiger partial charge on any atom is -0.449 e. The predicted molar refractivity (Wildman–Crippen MR) is 188 cm³/mol. The summed E-state index contributed by atoms with van der Waals surface area (Å²) in [6, 6.07) is 32.4. The molecule has 1 aliphatic heterocycles. The Hall–Kier alpha value is -5.15. The van der Waals surface area contributed by atoms with Gasteiger partial charge >= 0.3 is 12.2 Å². The van der Waals surface area contributed by atoms with Crippen LogP contribution >= 0.6 is 0 Å². The van der Waals surface area contributed by atoms with Crippen molar-refractivity contribution in [2.45, 2.75) is 43.2 Å². The molecular formula is C40H42N4O5. The van der Waals surface area contributed by atoms with Crippen LogP contribution in [0.4, 0.5) is 9.59 Å². The number of hydrogen-bond donors (Lipinski definition) is 3. The van der Waals surface area contributed by atoms with Crippen molar-refractivity contribution in [1.29, 1.82) is 0 Å². The standard InChI is InChI=1S/C40H42N4O5/c1-41-26-22-44(23-26)38(45)37(43-40(47)49-25-36-33-18-8-4-14-29(33)30-15-5-9-19-34(30)36)20-10-11-21-42-39(46)48-24-35-31-16-6-2-12-27(31)28-13-3-7-17-32(28)35/h2-9,12-19,26,35-37,41H,10-11,20-25H2,1H3,(H,42,46)(H,43,47)/t37-/m0/s1. The number of hydrogen-bond acceptors (Lipinski definition) is 6. The van der Waals surface area contributed by atoms with Gasteiger partial charge in [-0.25, -0.2) is 9.59 Å². The molecular weight excluding hydrogens is 616 g/mol. The van der Waals surface area contributed by atoms with E-state index in [1.54, 1.807) is 4.90 Å². The molecule has 1 heterocycles. The van der Waals surface area contributed by atoms with Crippen LogP contribution in [0.5, 0.6) is 0 Å². The zero-order valence-electron chi connectivity index (χ0n) is 27.7. The van der Waals surface area contributed by atoms with E-state index in [1.165, 1.54) is 22.3 Å². The highest BCUT2D eigenvalue weighted by atomic mass is 16.6. The van der Waals surface area contributed by atoms with E-state index in [1.807, 2.05) is 55.6 Å². The van der Waals surface area contributed by atoms with Crippen LogP contribution in [0, 0.1) is 0 Å². The molecule has 1 fully saturated rings. The van der Waals surface area contributed by atoms with E-state index in [-0.39, 0.29) is 37.0 Å². The molecule has 0 saturated carbocycles. The Morgan fingerprint density at radius 1 is 0.673 bits per heavy atom. The fourth-order valence-electron chi connectivity index (χ4n) is 7.41. The number of carbonyl (C=O) groups is 3. The van der Waals surface area contributed by atoms with E-state index in [9.17, 15) is 14.4 Å². The first-order chi connectivity index (χ1) is 24.0. The van der Waals surface area contributed by atoms with Gasteiger partial charge in [0.1, 0.15) is 19.3 Å². The highest BCUT2D eigenvalue weighted by Gasteiger charge is 2.35. The molecule has 0 radical (unpaired) electrons. The molecule has 0 aromatic heterocycles. The number of carbonyl (C=O) groups excluding carboxylic acids is 3. The van der Waals surface area contributed by atoms with Gasteiger partial charge in [-0.3, -0.25) is 4.79 Å². The molecule has 9 heteroatoms. The third kappa shape index (κ3) is 6.76. The predicted octanol–water partition coefficient (Wildman–Crippen LogP) is 6.03. The molecule has 4 aromatic carbocycles. The zero-order valence-corrected chi connectivity index (χ0v) is 27.7. The Morgan fingerprint density at radius 3 is 1.59 bits per heavy atom. The summed E-state index contributed by atoms with van der Waals surface area (Å²) in [5.74, 6) is -0.189. The molecule has 0 unspecified atom stereocenters. The van der Waals surface area contributed by atoms with Crippen LogP contribution in [0.15, 0.2) is 97.1 Å². The van der Waals surface area contributed by atoms with Gasteiger partial charge in [0, 0.05) is 37.5 Å². The van der Waals surface area contributed by atoms with Gasteiger partial charge < -0.3 is 30.3 Å². The van der Waals surface area contributed by atoms with Crippen molar-refractivity contribution >= 4 is 18.1 Å². The maximum Gasteiger partial charge on any atom is 0.407 e. The summed E-state index contributed by atoms with van der Waals surface area (Å²) in [7, 11) is 1.88. The first-order valence-corrected chi connectivity index (χ1v) is 17.2. The van der Waals surface area contributed by atoms with E-state index in [0.717, 1.165) is 22.3 Å². The lowest BCUT2D eigenvalue weighted by molar-refractivity contribution is -0.138. The fraction of sp³-hybridized carbons (Fsp3) is 0.325. The quantitative estimate of drug-likeness (QED) is 0.161. The second kappa shape index (κ2) is 14.5. The van der Waals surface area contributed by atoms with Crippen LogP contribution in [-0.2, 0) is 14.3 Å². The normalized spacial score (nSPS) is 15.3. The largest absolute Gasteiger partial charge is 0.449 e. The number of ether oxygens (including phenoxy) is 2. The average Bonchev–Trinajstić information content (AvgIpc) is 3.61. The Balaban J connectivity index is 0.893. The molecule has 9 nitrogen and oxygen atoms in total. The summed E-state index contributed by atoms with van der Waals surface area (Å²) >= 11 is 0. The number of unbranched alkanes of at least 4 members (excludes halogenated alkanes) is 1. The number of nitrogens with one attached hydrogen (secondary N) is 3. The minimum absolute atomic E-state index is 0.00193. The lowest BCUT2D eigenvalue weighted by Gasteiger charge is -2.40. The molecule has 1 atom stereocenters. The lowest BCUT2D eigenvalue weighted by Crippen LogP contribution is -2.62. The van der Waals surface area contributed by atoms with Crippen molar-refractivity contribution in [2.75, 3.05) is 39.9 Å². The van der Waals surface area contributed by atoms with Gasteiger partial charge in [0.25, 0.3) is 0 Å².